The van der Waals surface area contributed by atoms with Crippen LogP contribution in [0.2, 0.25) is 0 Å². The first-order valence-corrected chi connectivity index (χ1v) is 6.82. The van der Waals surface area contributed by atoms with E-state index in [1.807, 2.05) is 0 Å². The number of hydrogen-bond acceptors (Lipinski definition) is 6. The Kier molecular flexibility index (Phi) is 5.40. The highest BCUT2D eigenvalue weighted by atomic mass is 16.6. The van der Waals surface area contributed by atoms with Gasteiger partial charge in [0.1, 0.15) is 5.75 Å². The van der Waals surface area contributed by atoms with Crippen LogP contribution in [-0.4, -0.2) is 24.0 Å². The summed E-state index contributed by atoms with van der Waals surface area (Å²) in [4.78, 5) is 33.2. The Labute approximate surface area is 137 Å². The molecular weight excluding hydrogens is 314 g/mol. The molecule has 122 valence electrons. The van der Waals surface area contributed by atoms with E-state index in [0.29, 0.717) is 11.1 Å². The van der Waals surface area contributed by atoms with E-state index in [1.54, 1.807) is 6.07 Å². The molecule has 0 spiro atoms. The third-order valence-electron chi connectivity index (χ3n) is 2.99. The van der Waals surface area contributed by atoms with Crippen LogP contribution in [0.3, 0.4) is 0 Å². The van der Waals surface area contributed by atoms with Gasteiger partial charge in [-0.3, -0.25) is 10.1 Å². The van der Waals surface area contributed by atoms with Crippen molar-refractivity contribution in [2.24, 2.45) is 0 Å². The minimum atomic E-state index is -0.646. The highest BCUT2D eigenvalue weighted by Gasteiger charge is 2.07. The average molecular weight is 327 g/mol. The standard InChI is InChI=1S/C17H13NO6/c1-23-17(20)13-6-8-15(9-7-13)24-16(19)10-5-12-3-2-4-14(11-12)18(21)22/h2-11H,1H3/b10-5+. The molecule has 0 aliphatic rings. The van der Waals surface area contributed by atoms with Gasteiger partial charge in [-0.15, -0.1) is 0 Å². The molecule has 0 heterocycles. The molecule has 2 aromatic rings. The van der Waals surface area contributed by atoms with Crippen LogP contribution in [0.5, 0.6) is 5.75 Å². The van der Waals surface area contributed by atoms with E-state index in [9.17, 15) is 19.7 Å². The summed E-state index contributed by atoms with van der Waals surface area (Å²) >= 11 is 0. The van der Waals surface area contributed by atoms with Crippen molar-refractivity contribution in [1.29, 1.82) is 0 Å². The van der Waals surface area contributed by atoms with Crippen molar-refractivity contribution in [2.75, 3.05) is 7.11 Å². The molecule has 0 radical (unpaired) electrons. The number of hydrogen-bond donors (Lipinski definition) is 0. The summed E-state index contributed by atoms with van der Waals surface area (Å²) in [6, 6.07) is 11.7. The van der Waals surface area contributed by atoms with Gasteiger partial charge < -0.3 is 9.47 Å². The average Bonchev–Trinajstić information content (AvgIpc) is 2.60. The zero-order valence-electron chi connectivity index (χ0n) is 12.7. The summed E-state index contributed by atoms with van der Waals surface area (Å²) in [5.41, 5.74) is 0.774. The van der Waals surface area contributed by atoms with Crippen molar-refractivity contribution >= 4 is 23.7 Å². The molecule has 0 aliphatic heterocycles. The number of esters is 2. The van der Waals surface area contributed by atoms with Crippen LogP contribution in [0.1, 0.15) is 15.9 Å². The first-order valence-electron chi connectivity index (χ1n) is 6.82. The molecule has 0 aliphatic carbocycles. The van der Waals surface area contributed by atoms with E-state index in [2.05, 4.69) is 4.74 Å². The van der Waals surface area contributed by atoms with E-state index in [0.717, 1.165) is 6.08 Å². The predicted molar refractivity (Wildman–Crippen MR) is 85.5 cm³/mol. The molecule has 2 aromatic carbocycles. The van der Waals surface area contributed by atoms with Gasteiger partial charge >= 0.3 is 11.9 Å². The second-order valence-corrected chi connectivity index (χ2v) is 4.62. The number of nitro benzene ring substituents is 1. The van der Waals surface area contributed by atoms with Gasteiger partial charge in [0.25, 0.3) is 5.69 Å². The lowest BCUT2D eigenvalue weighted by molar-refractivity contribution is -0.384. The lowest BCUT2D eigenvalue weighted by Gasteiger charge is -2.03. The Morgan fingerprint density at radius 2 is 1.83 bits per heavy atom. The summed E-state index contributed by atoms with van der Waals surface area (Å²) in [7, 11) is 1.27. The van der Waals surface area contributed by atoms with Gasteiger partial charge in [0.2, 0.25) is 0 Å². The number of carbonyl (C=O) groups is 2. The number of methoxy groups -OCH3 is 1. The van der Waals surface area contributed by atoms with Crippen molar-refractivity contribution in [3.63, 3.8) is 0 Å². The molecule has 0 atom stereocenters. The molecule has 2 rings (SSSR count). The van der Waals surface area contributed by atoms with Crippen LogP contribution in [0.15, 0.2) is 54.6 Å². The largest absolute Gasteiger partial charge is 0.465 e. The Hall–Kier alpha value is -3.48. The minimum Gasteiger partial charge on any atom is -0.465 e. The van der Waals surface area contributed by atoms with E-state index in [-0.39, 0.29) is 11.4 Å². The Bertz CT molecular complexity index is 795. The van der Waals surface area contributed by atoms with Crippen LogP contribution < -0.4 is 4.74 Å². The van der Waals surface area contributed by atoms with Crippen LogP contribution in [0, 0.1) is 10.1 Å². The Morgan fingerprint density at radius 1 is 1.12 bits per heavy atom. The van der Waals surface area contributed by atoms with Crippen molar-refractivity contribution in [3.8, 4) is 5.75 Å². The number of non-ortho nitro benzene ring substituents is 1. The first kappa shape index (κ1) is 16.9. The van der Waals surface area contributed by atoms with Crippen LogP contribution >= 0.6 is 0 Å². The van der Waals surface area contributed by atoms with Gasteiger partial charge in [0, 0.05) is 18.2 Å². The Morgan fingerprint density at radius 3 is 2.46 bits per heavy atom. The van der Waals surface area contributed by atoms with Crippen molar-refractivity contribution in [2.45, 2.75) is 0 Å². The molecule has 0 saturated carbocycles. The minimum absolute atomic E-state index is 0.0658. The molecule has 0 amide bonds. The number of rotatable bonds is 5. The first-order chi connectivity index (χ1) is 11.5. The lowest BCUT2D eigenvalue weighted by atomic mass is 10.2. The van der Waals surface area contributed by atoms with Crippen molar-refractivity contribution < 1.29 is 24.0 Å². The van der Waals surface area contributed by atoms with E-state index in [1.165, 1.54) is 55.7 Å². The smallest absolute Gasteiger partial charge is 0.337 e. The molecule has 0 saturated heterocycles. The molecule has 7 heteroatoms. The number of nitrogens with zero attached hydrogens (tertiary/aromatic N) is 1. The number of benzene rings is 2. The fourth-order valence-corrected chi connectivity index (χ4v) is 1.83. The summed E-state index contributed by atoms with van der Waals surface area (Å²) < 4.78 is 9.64. The quantitative estimate of drug-likeness (QED) is 0.275. The number of nitro groups is 1. The Balaban J connectivity index is 2.01. The fraction of sp³-hybridized carbons (Fsp3) is 0.0588. The zero-order chi connectivity index (χ0) is 17.5. The monoisotopic (exact) mass is 327 g/mol. The second-order valence-electron chi connectivity index (χ2n) is 4.62. The third-order valence-corrected chi connectivity index (χ3v) is 2.99. The van der Waals surface area contributed by atoms with Crippen LogP contribution in [0.25, 0.3) is 6.08 Å². The molecular formula is C17H13NO6. The number of carbonyl (C=O) groups excluding carboxylic acids is 2. The van der Waals surface area contributed by atoms with Crippen LogP contribution in [-0.2, 0) is 9.53 Å². The van der Waals surface area contributed by atoms with E-state index in [4.69, 9.17) is 4.74 Å². The summed E-state index contributed by atoms with van der Waals surface area (Å²) in [6.07, 6.45) is 2.57. The normalized spacial score (nSPS) is 10.4. The van der Waals surface area contributed by atoms with Gasteiger partial charge in [-0.2, -0.15) is 0 Å². The van der Waals surface area contributed by atoms with Gasteiger partial charge in [-0.05, 0) is 35.9 Å². The highest BCUT2D eigenvalue weighted by molar-refractivity contribution is 5.90. The van der Waals surface area contributed by atoms with Gasteiger partial charge in [0.15, 0.2) is 0 Å². The molecule has 0 fully saturated rings. The molecule has 0 N–H and O–H groups in total. The predicted octanol–water partition coefficient (Wildman–Crippen LogP) is 3.00. The van der Waals surface area contributed by atoms with Crippen molar-refractivity contribution in [3.05, 3.63) is 75.8 Å². The summed E-state index contributed by atoms with van der Waals surface area (Å²) in [5, 5.41) is 10.7. The molecule has 7 nitrogen and oxygen atoms in total. The zero-order valence-corrected chi connectivity index (χ0v) is 12.7. The number of ether oxygens (including phenoxy) is 2. The maximum Gasteiger partial charge on any atom is 0.337 e. The van der Waals surface area contributed by atoms with E-state index >= 15 is 0 Å². The van der Waals surface area contributed by atoms with Crippen LogP contribution in [0.4, 0.5) is 5.69 Å². The molecule has 0 bridgehead atoms. The maximum atomic E-state index is 11.7. The molecule has 24 heavy (non-hydrogen) atoms. The molecule has 0 unspecified atom stereocenters. The summed E-state index contributed by atoms with van der Waals surface area (Å²) in [5.74, 6) is -0.873. The fourth-order valence-electron chi connectivity index (χ4n) is 1.83. The lowest BCUT2D eigenvalue weighted by Crippen LogP contribution is -2.05. The van der Waals surface area contributed by atoms with E-state index < -0.39 is 16.9 Å². The second kappa shape index (κ2) is 7.68. The van der Waals surface area contributed by atoms with Gasteiger partial charge in [-0.1, -0.05) is 12.1 Å². The summed E-state index contributed by atoms with van der Waals surface area (Å²) in [6.45, 7) is 0. The third kappa shape index (κ3) is 4.51. The SMILES string of the molecule is COC(=O)c1ccc(OC(=O)/C=C/c2cccc([N+](=O)[O-])c2)cc1. The maximum absolute atomic E-state index is 11.7. The van der Waals surface area contributed by atoms with Gasteiger partial charge in [-0.25, -0.2) is 9.59 Å². The molecule has 0 aromatic heterocycles. The van der Waals surface area contributed by atoms with Crippen molar-refractivity contribution in [1.82, 2.24) is 0 Å². The highest BCUT2D eigenvalue weighted by Crippen LogP contribution is 2.15. The van der Waals surface area contributed by atoms with Gasteiger partial charge in [0.05, 0.1) is 17.6 Å². The topological polar surface area (TPSA) is 95.7 Å².